The summed E-state index contributed by atoms with van der Waals surface area (Å²) in [5.41, 5.74) is 6.03. The number of nitrogens with two attached hydrogens (primary N) is 1. The summed E-state index contributed by atoms with van der Waals surface area (Å²) in [6.07, 6.45) is 2.11. The monoisotopic (exact) mass is 295 g/mol. The Bertz CT molecular complexity index is 535. The lowest BCUT2D eigenvalue weighted by Crippen LogP contribution is -2.41. The van der Waals surface area contributed by atoms with Crippen LogP contribution in [0.3, 0.4) is 0 Å². The van der Waals surface area contributed by atoms with Crippen molar-refractivity contribution in [1.82, 2.24) is 4.90 Å². The summed E-state index contributed by atoms with van der Waals surface area (Å²) in [5.74, 6) is -0.0509. The molecule has 3 N–H and O–H groups in total. The second-order valence-electron chi connectivity index (χ2n) is 5.18. The first-order chi connectivity index (χ1) is 9.47. The van der Waals surface area contributed by atoms with E-state index >= 15 is 0 Å². The van der Waals surface area contributed by atoms with Crippen LogP contribution in [0.2, 0.25) is 0 Å². The van der Waals surface area contributed by atoms with Crippen molar-refractivity contribution in [2.75, 3.05) is 18.4 Å². The van der Waals surface area contributed by atoms with Crippen LogP contribution < -0.4 is 11.1 Å². The molecule has 4 nitrogen and oxygen atoms in total. The first-order valence-corrected chi connectivity index (χ1v) is 7.03. The van der Waals surface area contributed by atoms with Gasteiger partial charge in [0.15, 0.2) is 0 Å². The van der Waals surface area contributed by atoms with Crippen molar-refractivity contribution in [3.63, 3.8) is 0 Å². The van der Waals surface area contributed by atoms with E-state index in [1.807, 2.05) is 0 Å². The number of thiocarbonyl (C=S) groups is 1. The fourth-order valence-electron chi connectivity index (χ4n) is 2.34. The molecule has 0 saturated carbocycles. The number of carbonyl (C=O) groups is 1. The third-order valence-corrected chi connectivity index (χ3v) is 3.68. The molecule has 6 heteroatoms. The van der Waals surface area contributed by atoms with Crippen LogP contribution in [-0.4, -0.2) is 29.0 Å². The topological polar surface area (TPSA) is 58.4 Å². The fraction of sp³-hybridized carbons (Fsp3) is 0.429. The van der Waals surface area contributed by atoms with Crippen molar-refractivity contribution in [2.24, 2.45) is 11.7 Å². The van der Waals surface area contributed by atoms with Gasteiger partial charge >= 0.3 is 6.03 Å². The zero-order valence-electron chi connectivity index (χ0n) is 11.4. The highest BCUT2D eigenvalue weighted by atomic mass is 32.1. The molecule has 1 heterocycles. The normalized spacial score (nSPS) is 18.7. The summed E-state index contributed by atoms with van der Waals surface area (Å²) in [4.78, 5) is 13.9. The molecule has 1 fully saturated rings. The van der Waals surface area contributed by atoms with Gasteiger partial charge in [0.25, 0.3) is 0 Å². The van der Waals surface area contributed by atoms with Gasteiger partial charge in [0.05, 0.1) is 5.69 Å². The number of amides is 2. The number of hydrogen-bond acceptors (Lipinski definition) is 2. The number of rotatable bonds is 2. The molecule has 2 amide bonds. The lowest BCUT2D eigenvalue weighted by molar-refractivity contribution is 0.182. The minimum absolute atomic E-state index is 0.131. The molecule has 1 unspecified atom stereocenters. The molecule has 1 aliphatic rings. The Balaban J connectivity index is 2.06. The van der Waals surface area contributed by atoms with Gasteiger partial charge < -0.3 is 16.0 Å². The molecule has 1 atom stereocenters. The van der Waals surface area contributed by atoms with E-state index in [0.29, 0.717) is 24.6 Å². The van der Waals surface area contributed by atoms with E-state index in [0.717, 1.165) is 12.8 Å². The number of anilines is 1. The van der Waals surface area contributed by atoms with E-state index in [4.69, 9.17) is 18.0 Å². The Morgan fingerprint density at radius 3 is 2.90 bits per heavy atom. The Labute approximate surface area is 123 Å². The van der Waals surface area contributed by atoms with Gasteiger partial charge in [0.1, 0.15) is 10.8 Å². The summed E-state index contributed by atoms with van der Waals surface area (Å²) in [5, 5.41) is 2.59. The second kappa shape index (κ2) is 6.17. The lowest BCUT2D eigenvalue weighted by atomic mass is 10.0. The molecule has 1 aromatic rings. The molecule has 0 radical (unpaired) electrons. The van der Waals surface area contributed by atoms with Crippen LogP contribution in [0, 0.1) is 11.7 Å². The molecule has 2 rings (SSSR count). The zero-order valence-corrected chi connectivity index (χ0v) is 12.2. The molecule has 1 saturated heterocycles. The summed E-state index contributed by atoms with van der Waals surface area (Å²) >= 11 is 4.78. The highest BCUT2D eigenvalue weighted by Gasteiger charge is 2.21. The van der Waals surface area contributed by atoms with E-state index in [1.165, 1.54) is 12.1 Å². The van der Waals surface area contributed by atoms with Crippen molar-refractivity contribution in [3.8, 4) is 0 Å². The standard InChI is InChI=1S/C14H18FN3OS/c1-9-3-2-6-18(8-9)14(19)17-12-5-4-10(13(16)20)7-11(12)15/h4-5,7,9H,2-3,6,8H2,1H3,(H2,16,20)(H,17,19). The molecular weight excluding hydrogens is 277 g/mol. The summed E-state index contributed by atoms with van der Waals surface area (Å²) in [6, 6.07) is 4.05. The SMILES string of the molecule is CC1CCCN(C(=O)Nc2ccc(C(N)=S)cc2F)C1. The average molecular weight is 295 g/mol. The first kappa shape index (κ1) is 14.7. The lowest BCUT2D eigenvalue weighted by Gasteiger charge is -2.31. The highest BCUT2D eigenvalue weighted by Crippen LogP contribution is 2.19. The number of nitrogens with one attached hydrogen (secondary N) is 1. The van der Waals surface area contributed by atoms with Gasteiger partial charge in [0, 0.05) is 18.7 Å². The maximum Gasteiger partial charge on any atom is 0.321 e. The third-order valence-electron chi connectivity index (χ3n) is 3.44. The summed E-state index contributed by atoms with van der Waals surface area (Å²) in [7, 11) is 0. The number of piperidine rings is 1. The number of carbonyl (C=O) groups excluding carboxylic acids is 1. The predicted octanol–water partition coefficient (Wildman–Crippen LogP) is 2.72. The Hall–Kier alpha value is -1.69. The molecule has 0 aromatic heterocycles. The Kier molecular flexibility index (Phi) is 4.54. The smallest absolute Gasteiger partial charge is 0.321 e. The molecule has 20 heavy (non-hydrogen) atoms. The van der Waals surface area contributed by atoms with Crippen molar-refractivity contribution in [2.45, 2.75) is 19.8 Å². The Morgan fingerprint density at radius 1 is 1.55 bits per heavy atom. The van der Waals surface area contributed by atoms with Crippen molar-refractivity contribution >= 4 is 28.9 Å². The molecule has 1 aliphatic heterocycles. The summed E-state index contributed by atoms with van der Waals surface area (Å²) in [6.45, 7) is 3.53. The van der Waals surface area contributed by atoms with Crippen LogP contribution in [0.5, 0.6) is 0 Å². The van der Waals surface area contributed by atoms with Crippen LogP contribution >= 0.6 is 12.2 Å². The van der Waals surface area contributed by atoms with Gasteiger partial charge in [-0.1, -0.05) is 19.1 Å². The van der Waals surface area contributed by atoms with Gasteiger partial charge in [-0.3, -0.25) is 0 Å². The average Bonchev–Trinajstić information content (AvgIpc) is 2.40. The van der Waals surface area contributed by atoms with Gasteiger partial charge in [-0.05, 0) is 37.0 Å². The number of hydrogen-bond donors (Lipinski definition) is 2. The quantitative estimate of drug-likeness (QED) is 0.825. The van der Waals surface area contributed by atoms with E-state index in [-0.39, 0.29) is 16.7 Å². The minimum atomic E-state index is -0.534. The third kappa shape index (κ3) is 3.45. The van der Waals surface area contributed by atoms with Crippen molar-refractivity contribution < 1.29 is 9.18 Å². The molecule has 0 aliphatic carbocycles. The molecule has 108 valence electrons. The van der Waals surface area contributed by atoms with Crippen LogP contribution in [0.1, 0.15) is 25.3 Å². The predicted molar refractivity (Wildman–Crippen MR) is 81.3 cm³/mol. The van der Waals surface area contributed by atoms with Gasteiger partial charge in [0.2, 0.25) is 0 Å². The fourth-order valence-corrected chi connectivity index (χ4v) is 2.46. The number of urea groups is 1. The molecular formula is C14H18FN3OS. The first-order valence-electron chi connectivity index (χ1n) is 6.62. The van der Waals surface area contributed by atoms with Gasteiger partial charge in [-0.25, -0.2) is 9.18 Å². The van der Waals surface area contributed by atoms with Crippen molar-refractivity contribution in [3.05, 3.63) is 29.6 Å². The van der Waals surface area contributed by atoms with E-state index in [9.17, 15) is 9.18 Å². The number of halogens is 1. The van der Waals surface area contributed by atoms with Crippen molar-refractivity contribution in [1.29, 1.82) is 0 Å². The second-order valence-corrected chi connectivity index (χ2v) is 5.62. The summed E-state index contributed by atoms with van der Waals surface area (Å²) < 4.78 is 13.9. The number of nitrogens with zero attached hydrogens (tertiary/aromatic N) is 1. The van der Waals surface area contributed by atoms with E-state index < -0.39 is 5.82 Å². The minimum Gasteiger partial charge on any atom is -0.389 e. The maximum absolute atomic E-state index is 13.9. The van der Waals surface area contributed by atoms with Crippen LogP contribution in [-0.2, 0) is 0 Å². The van der Waals surface area contributed by atoms with Gasteiger partial charge in [-0.2, -0.15) is 0 Å². The highest BCUT2D eigenvalue weighted by molar-refractivity contribution is 7.80. The molecule has 0 bridgehead atoms. The number of likely N-dealkylation sites (tertiary alicyclic amines) is 1. The number of benzene rings is 1. The molecule has 0 spiro atoms. The zero-order chi connectivity index (χ0) is 14.7. The maximum atomic E-state index is 13.9. The van der Waals surface area contributed by atoms with Crippen LogP contribution in [0.15, 0.2) is 18.2 Å². The Morgan fingerprint density at radius 2 is 2.30 bits per heavy atom. The van der Waals surface area contributed by atoms with Crippen LogP contribution in [0.25, 0.3) is 0 Å². The van der Waals surface area contributed by atoms with Gasteiger partial charge in [-0.15, -0.1) is 0 Å². The largest absolute Gasteiger partial charge is 0.389 e. The van der Waals surface area contributed by atoms with E-state index in [2.05, 4.69) is 12.2 Å². The molecule has 1 aromatic carbocycles. The van der Waals surface area contributed by atoms with E-state index in [1.54, 1.807) is 11.0 Å². The van der Waals surface area contributed by atoms with Crippen LogP contribution in [0.4, 0.5) is 14.9 Å².